The van der Waals surface area contributed by atoms with E-state index in [4.69, 9.17) is 23.2 Å². The van der Waals surface area contributed by atoms with Crippen molar-refractivity contribution in [3.8, 4) is 0 Å². The van der Waals surface area contributed by atoms with E-state index in [-0.39, 0.29) is 23.8 Å². The number of carbonyl (C=O) groups excluding carboxylic acids is 2. The predicted molar refractivity (Wildman–Crippen MR) is 116 cm³/mol. The Hall–Kier alpha value is -3.36. The van der Waals surface area contributed by atoms with E-state index in [1.165, 1.54) is 18.2 Å². The zero-order valence-corrected chi connectivity index (χ0v) is 16.8. The van der Waals surface area contributed by atoms with Gasteiger partial charge in [-0.1, -0.05) is 41.4 Å². The average Bonchev–Trinajstić information content (AvgIpc) is 2.67. The van der Waals surface area contributed by atoms with Crippen LogP contribution < -0.4 is 21.5 Å². The highest BCUT2D eigenvalue weighted by Crippen LogP contribution is 2.31. The largest absolute Gasteiger partial charge is 0.326 e. The third kappa shape index (κ3) is 4.29. The third-order valence-corrected chi connectivity index (χ3v) is 4.87. The SMILES string of the molecule is O=C1C[C@H](C(=O)Nc2cc(Cl)cc(Cl)c2)c2c(nc(Nc3ccccc3)[nH]c2=O)N1. The number of para-hydroxylation sites is 1. The number of hydrogen-bond donors (Lipinski definition) is 4. The van der Waals surface area contributed by atoms with Gasteiger partial charge in [0.2, 0.25) is 17.8 Å². The van der Waals surface area contributed by atoms with Gasteiger partial charge in [0, 0.05) is 27.8 Å². The number of nitrogens with zero attached hydrogens (tertiary/aromatic N) is 1. The predicted octanol–water partition coefficient (Wildman–Crippen LogP) is 3.88. The zero-order chi connectivity index (χ0) is 21.3. The fourth-order valence-electron chi connectivity index (χ4n) is 3.17. The van der Waals surface area contributed by atoms with Gasteiger partial charge in [-0.3, -0.25) is 19.4 Å². The second kappa shape index (κ2) is 8.17. The van der Waals surface area contributed by atoms with E-state index < -0.39 is 23.3 Å². The van der Waals surface area contributed by atoms with Crippen molar-refractivity contribution in [2.24, 2.45) is 0 Å². The van der Waals surface area contributed by atoms with Crippen LogP contribution in [0.3, 0.4) is 0 Å². The summed E-state index contributed by atoms with van der Waals surface area (Å²) in [7, 11) is 0. The Labute approximate surface area is 180 Å². The quantitative estimate of drug-likeness (QED) is 0.488. The normalized spacial score (nSPS) is 15.1. The Kier molecular flexibility index (Phi) is 5.43. The van der Waals surface area contributed by atoms with Gasteiger partial charge in [-0.2, -0.15) is 4.98 Å². The molecule has 0 bridgehead atoms. The molecule has 0 radical (unpaired) electrons. The molecular weight excluding hydrogens is 429 g/mol. The lowest BCUT2D eigenvalue weighted by Crippen LogP contribution is -2.36. The van der Waals surface area contributed by atoms with Crippen molar-refractivity contribution >= 4 is 58.2 Å². The van der Waals surface area contributed by atoms with E-state index in [1.807, 2.05) is 18.2 Å². The minimum atomic E-state index is -1.02. The van der Waals surface area contributed by atoms with Crippen molar-refractivity contribution in [1.29, 1.82) is 0 Å². The number of halogens is 2. The van der Waals surface area contributed by atoms with Crippen molar-refractivity contribution in [2.75, 3.05) is 16.0 Å². The number of aromatic amines is 1. The molecule has 0 saturated heterocycles. The van der Waals surface area contributed by atoms with E-state index in [1.54, 1.807) is 12.1 Å². The maximum absolute atomic E-state index is 12.9. The molecule has 3 aromatic rings. The summed E-state index contributed by atoms with van der Waals surface area (Å²) in [6.45, 7) is 0. The van der Waals surface area contributed by atoms with Gasteiger partial charge in [-0.05, 0) is 30.3 Å². The Morgan fingerprint density at radius 1 is 1.03 bits per heavy atom. The van der Waals surface area contributed by atoms with Gasteiger partial charge < -0.3 is 16.0 Å². The molecule has 2 aromatic carbocycles. The molecule has 152 valence electrons. The first-order chi connectivity index (χ1) is 14.4. The molecule has 1 aromatic heterocycles. The summed E-state index contributed by atoms with van der Waals surface area (Å²) in [5.74, 6) is -1.80. The van der Waals surface area contributed by atoms with Crippen molar-refractivity contribution in [3.63, 3.8) is 0 Å². The number of H-pyrrole nitrogens is 1. The van der Waals surface area contributed by atoms with Crippen LogP contribution in [0.2, 0.25) is 10.0 Å². The standard InChI is InChI=1S/C20H15Cl2N5O3/c21-10-6-11(22)8-13(7-10)23-18(29)14-9-15(28)25-17-16(14)19(30)27-20(26-17)24-12-4-2-1-3-5-12/h1-8,14H,9H2,(H,23,29)(H3,24,25,26,27,28,30)/t14-/m0/s1. The number of carbonyl (C=O) groups is 2. The molecule has 0 fully saturated rings. The summed E-state index contributed by atoms with van der Waals surface area (Å²) in [4.78, 5) is 44.7. The molecule has 2 heterocycles. The Morgan fingerprint density at radius 3 is 2.43 bits per heavy atom. The summed E-state index contributed by atoms with van der Waals surface area (Å²) < 4.78 is 0. The molecule has 1 atom stereocenters. The molecule has 4 rings (SSSR count). The topological polar surface area (TPSA) is 116 Å². The van der Waals surface area contributed by atoms with Gasteiger partial charge in [0.25, 0.3) is 5.56 Å². The van der Waals surface area contributed by atoms with Crippen LogP contribution in [0.25, 0.3) is 0 Å². The van der Waals surface area contributed by atoms with E-state index in [9.17, 15) is 14.4 Å². The van der Waals surface area contributed by atoms with Gasteiger partial charge >= 0.3 is 0 Å². The Balaban J connectivity index is 1.65. The number of rotatable bonds is 4. The first kappa shape index (κ1) is 19.9. The van der Waals surface area contributed by atoms with E-state index >= 15 is 0 Å². The lowest BCUT2D eigenvalue weighted by Gasteiger charge is -2.23. The molecule has 8 nitrogen and oxygen atoms in total. The first-order valence-corrected chi connectivity index (χ1v) is 9.68. The monoisotopic (exact) mass is 443 g/mol. The highest BCUT2D eigenvalue weighted by Gasteiger charge is 2.34. The minimum absolute atomic E-state index is 0.0395. The Bertz CT molecular complexity index is 1180. The number of hydrogen-bond acceptors (Lipinski definition) is 5. The zero-order valence-electron chi connectivity index (χ0n) is 15.3. The van der Waals surface area contributed by atoms with Gasteiger partial charge in [0.1, 0.15) is 5.82 Å². The molecule has 30 heavy (non-hydrogen) atoms. The van der Waals surface area contributed by atoms with Gasteiger partial charge in [0.05, 0.1) is 11.5 Å². The van der Waals surface area contributed by atoms with E-state index in [0.717, 1.165) is 0 Å². The first-order valence-electron chi connectivity index (χ1n) is 8.92. The maximum atomic E-state index is 12.9. The van der Waals surface area contributed by atoms with Crippen molar-refractivity contribution < 1.29 is 9.59 Å². The number of benzene rings is 2. The average molecular weight is 444 g/mol. The molecule has 0 aliphatic carbocycles. The van der Waals surface area contributed by atoms with Crippen molar-refractivity contribution in [1.82, 2.24) is 9.97 Å². The van der Waals surface area contributed by atoms with Crippen LogP contribution in [0.1, 0.15) is 17.9 Å². The summed E-state index contributed by atoms with van der Waals surface area (Å²) in [6.07, 6.45) is -0.191. The number of fused-ring (bicyclic) bond motifs is 1. The maximum Gasteiger partial charge on any atom is 0.258 e. The number of anilines is 4. The molecule has 1 aliphatic rings. The number of nitrogens with one attached hydrogen (secondary N) is 4. The van der Waals surface area contributed by atoms with Gasteiger partial charge in [-0.15, -0.1) is 0 Å². The van der Waals surface area contributed by atoms with Crippen molar-refractivity contribution in [2.45, 2.75) is 12.3 Å². The smallest absolute Gasteiger partial charge is 0.258 e. The molecule has 0 saturated carbocycles. The highest BCUT2D eigenvalue weighted by molar-refractivity contribution is 6.35. The minimum Gasteiger partial charge on any atom is -0.326 e. The van der Waals surface area contributed by atoms with Crippen LogP contribution >= 0.6 is 23.2 Å². The van der Waals surface area contributed by atoms with Crippen LogP contribution in [0.15, 0.2) is 53.3 Å². The van der Waals surface area contributed by atoms with Gasteiger partial charge in [-0.25, -0.2) is 0 Å². The number of amides is 2. The van der Waals surface area contributed by atoms with E-state index in [0.29, 0.717) is 21.4 Å². The summed E-state index contributed by atoms with van der Waals surface area (Å²) >= 11 is 11.9. The Morgan fingerprint density at radius 2 is 1.73 bits per heavy atom. The van der Waals surface area contributed by atoms with Crippen LogP contribution in [0.5, 0.6) is 0 Å². The molecule has 1 aliphatic heterocycles. The van der Waals surface area contributed by atoms with Crippen LogP contribution in [0, 0.1) is 0 Å². The molecule has 4 N–H and O–H groups in total. The lowest BCUT2D eigenvalue weighted by molar-refractivity contribution is -0.123. The molecule has 2 amide bonds. The van der Waals surface area contributed by atoms with Crippen LogP contribution in [-0.4, -0.2) is 21.8 Å². The van der Waals surface area contributed by atoms with Crippen LogP contribution in [0.4, 0.5) is 23.1 Å². The number of aromatic nitrogens is 2. The molecule has 10 heteroatoms. The molecule has 0 spiro atoms. The summed E-state index contributed by atoms with van der Waals surface area (Å²) in [5, 5.41) is 8.86. The van der Waals surface area contributed by atoms with E-state index in [2.05, 4.69) is 25.9 Å². The third-order valence-electron chi connectivity index (χ3n) is 4.43. The van der Waals surface area contributed by atoms with Crippen molar-refractivity contribution in [3.05, 3.63) is 74.5 Å². The molecule has 0 unspecified atom stereocenters. The van der Waals surface area contributed by atoms with Gasteiger partial charge in [0.15, 0.2) is 0 Å². The summed E-state index contributed by atoms with van der Waals surface area (Å²) in [6, 6.07) is 13.7. The molecular formula is C20H15Cl2N5O3. The fraction of sp³-hybridized carbons (Fsp3) is 0.100. The van der Waals surface area contributed by atoms with Crippen LogP contribution in [-0.2, 0) is 9.59 Å². The fourth-order valence-corrected chi connectivity index (χ4v) is 3.69. The summed E-state index contributed by atoms with van der Waals surface area (Å²) in [5.41, 5.74) is 0.619. The lowest BCUT2D eigenvalue weighted by atomic mass is 9.92. The second-order valence-electron chi connectivity index (χ2n) is 6.62. The highest BCUT2D eigenvalue weighted by atomic mass is 35.5. The second-order valence-corrected chi connectivity index (χ2v) is 7.49.